The molecule has 0 N–H and O–H groups in total. The Bertz CT molecular complexity index is 3080. The highest BCUT2D eigenvalue weighted by Crippen LogP contribution is 2.48. The van der Waals surface area contributed by atoms with Crippen LogP contribution in [0.2, 0.25) is 0 Å². The zero-order valence-corrected chi connectivity index (χ0v) is 27.2. The molecule has 0 saturated carbocycles. The van der Waals surface area contributed by atoms with E-state index in [-0.39, 0.29) is 0 Å². The van der Waals surface area contributed by atoms with Crippen molar-refractivity contribution in [3.05, 3.63) is 164 Å². The van der Waals surface area contributed by atoms with Crippen LogP contribution in [0, 0.1) is 0 Å². The second-order valence-corrected chi connectivity index (χ2v) is 12.9. The number of fused-ring (bicyclic) bond motifs is 12. The van der Waals surface area contributed by atoms with E-state index in [0.717, 1.165) is 99.4 Å². The van der Waals surface area contributed by atoms with Crippen LogP contribution in [-0.4, -0.2) is 14.5 Å². The van der Waals surface area contributed by atoms with E-state index < -0.39 is 0 Å². The van der Waals surface area contributed by atoms with Gasteiger partial charge in [-0.05, 0) is 36.4 Å². The third-order valence-corrected chi connectivity index (χ3v) is 9.99. The van der Waals surface area contributed by atoms with Crippen molar-refractivity contribution in [3.8, 4) is 39.6 Å². The molecule has 0 aliphatic rings. The molecule has 0 aliphatic carbocycles. The van der Waals surface area contributed by atoms with Crippen LogP contribution in [0.4, 0.5) is 0 Å². The zero-order valence-electron chi connectivity index (χ0n) is 27.2. The molecule has 0 bridgehead atoms. The van der Waals surface area contributed by atoms with Gasteiger partial charge in [0.15, 0.2) is 17.0 Å². The highest BCUT2D eigenvalue weighted by atomic mass is 16.4. The smallest absolute Gasteiger partial charge is 0.180 e. The maximum atomic E-state index is 6.67. The van der Waals surface area contributed by atoms with Crippen LogP contribution in [0.25, 0.3) is 105 Å². The van der Waals surface area contributed by atoms with Gasteiger partial charge in [-0.15, -0.1) is 0 Å². The Labute approximate surface area is 291 Å². The summed E-state index contributed by atoms with van der Waals surface area (Å²) < 4.78 is 15.7. The number of aromatic nitrogens is 3. The van der Waals surface area contributed by atoms with Gasteiger partial charge in [0, 0.05) is 49.3 Å². The molecule has 0 atom stereocenters. The van der Waals surface area contributed by atoms with E-state index in [1.807, 2.05) is 60.7 Å². The predicted octanol–water partition coefficient (Wildman–Crippen LogP) is 12.4. The minimum atomic E-state index is 0.690. The lowest BCUT2D eigenvalue weighted by molar-refractivity contribution is 0.633. The van der Waals surface area contributed by atoms with Crippen LogP contribution >= 0.6 is 0 Å². The summed E-state index contributed by atoms with van der Waals surface area (Å²) in [5, 5.41) is 6.52. The van der Waals surface area contributed by atoms with E-state index in [2.05, 4.69) is 108 Å². The first-order valence-corrected chi connectivity index (χ1v) is 17.1. The molecule has 4 aromatic heterocycles. The lowest BCUT2D eigenvalue weighted by Gasteiger charge is -2.13. The second-order valence-electron chi connectivity index (χ2n) is 12.9. The average molecular weight is 654 g/mol. The van der Waals surface area contributed by atoms with Crippen LogP contribution < -0.4 is 0 Å². The second kappa shape index (κ2) is 10.8. The van der Waals surface area contributed by atoms with Gasteiger partial charge >= 0.3 is 0 Å². The molecule has 7 aromatic carbocycles. The van der Waals surface area contributed by atoms with E-state index >= 15 is 0 Å². The molecule has 0 radical (unpaired) electrons. The van der Waals surface area contributed by atoms with Crippen molar-refractivity contribution in [1.29, 1.82) is 0 Å². The lowest BCUT2D eigenvalue weighted by atomic mass is 10.0. The molecule has 0 saturated heterocycles. The first kappa shape index (κ1) is 27.9. The Morgan fingerprint density at radius 2 is 0.961 bits per heavy atom. The van der Waals surface area contributed by atoms with Gasteiger partial charge < -0.3 is 13.4 Å². The fourth-order valence-corrected chi connectivity index (χ4v) is 7.76. The topological polar surface area (TPSA) is 57.0 Å². The monoisotopic (exact) mass is 653 g/mol. The standard InChI is InChI=1S/C46H27N3O2/c1-3-14-28(15-4-1)35-27-36(48-46(47-35)29-16-5-2-6-17-29)30-18-13-19-31(26-30)49-37-23-10-7-20-32(37)40-41-33-21-8-11-24-38(33)50-44(41)45-42(43(40)49)34-22-9-12-25-39(34)51-45/h1-27H. The molecule has 0 unspecified atom stereocenters. The van der Waals surface area contributed by atoms with Crippen molar-refractivity contribution in [3.63, 3.8) is 0 Å². The number of hydrogen-bond acceptors (Lipinski definition) is 4. The normalized spacial score (nSPS) is 11.9. The van der Waals surface area contributed by atoms with Crippen molar-refractivity contribution in [1.82, 2.24) is 14.5 Å². The third kappa shape index (κ3) is 4.15. The fourth-order valence-electron chi connectivity index (χ4n) is 7.76. The minimum Gasteiger partial charge on any atom is -0.452 e. The van der Waals surface area contributed by atoms with Crippen LogP contribution in [0.5, 0.6) is 0 Å². The van der Waals surface area contributed by atoms with Gasteiger partial charge in [0.1, 0.15) is 11.2 Å². The largest absolute Gasteiger partial charge is 0.452 e. The first-order chi connectivity index (χ1) is 25.3. The number of benzene rings is 7. The number of hydrogen-bond donors (Lipinski definition) is 0. The first-order valence-electron chi connectivity index (χ1n) is 17.1. The average Bonchev–Trinajstić information content (AvgIpc) is 3.88. The summed E-state index contributed by atoms with van der Waals surface area (Å²) in [6.45, 7) is 0. The summed E-state index contributed by atoms with van der Waals surface area (Å²) in [5.74, 6) is 0.690. The number of para-hydroxylation sites is 3. The molecule has 5 nitrogen and oxygen atoms in total. The quantitative estimate of drug-likeness (QED) is 0.190. The van der Waals surface area contributed by atoms with Gasteiger partial charge in [0.2, 0.25) is 0 Å². The van der Waals surface area contributed by atoms with E-state index in [0.29, 0.717) is 5.82 Å². The van der Waals surface area contributed by atoms with Crippen molar-refractivity contribution in [2.75, 3.05) is 0 Å². The van der Waals surface area contributed by atoms with E-state index in [1.54, 1.807) is 0 Å². The van der Waals surface area contributed by atoms with Gasteiger partial charge in [-0.3, -0.25) is 0 Å². The molecular formula is C46H27N3O2. The number of rotatable bonds is 4. The van der Waals surface area contributed by atoms with E-state index in [1.165, 1.54) is 0 Å². The molecule has 0 aliphatic heterocycles. The van der Waals surface area contributed by atoms with Gasteiger partial charge in [0.25, 0.3) is 0 Å². The zero-order chi connectivity index (χ0) is 33.5. The maximum absolute atomic E-state index is 6.67. The number of furan rings is 2. The summed E-state index contributed by atoms with van der Waals surface area (Å²) >= 11 is 0. The Morgan fingerprint density at radius 3 is 1.69 bits per heavy atom. The summed E-state index contributed by atoms with van der Waals surface area (Å²) in [7, 11) is 0. The molecule has 0 fully saturated rings. The van der Waals surface area contributed by atoms with Crippen LogP contribution in [-0.2, 0) is 0 Å². The Morgan fingerprint density at radius 1 is 0.412 bits per heavy atom. The SMILES string of the molecule is c1ccc(-c2cc(-c3cccc(-n4c5ccccc5c5c6c7ccccc7oc6c6oc7ccccc7c6c54)c3)nc(-c3ccccc3)n2)cc1. The Kier molecular flexibility index (Phi) is 5.89. The number of nitrogens with zero attached hydrogens (tertiary/aromatic N) is 3. The molecule has 0 spiro atoms. The third-order valence-electron chi connectivity index (χ3n) is 9.99. The predicted molar refractivity (Wildman–Crippen MR) is 207 cm³/mol. The maximum Gasteiger partial charge on any atom is 0.180 e. The van der Waals surface area contributed by atoms with Gasteiger partial charge in [-0.25, -0.2) is 9.97 Å². The van der Waals surface area contributed by atoms with Crippen molar-refractivity contribution in [2.24, 2.45) is 0 Å². The molecule has 238 valence electrons. The Balaban J connectivity index is 1.24. The Hall–Kier alpha value is -6.98. The highest BCUT2D eigenvalue weighted by Gasteiger charge is 2.26. The van der Waals surface area contributed by atoms with Crippen LogP contribution in [0.3, 0.4) is 0 Å². The van der Waals surface area contributed by atoms with Gasteiger partial charge in [-0.1, -0.05) is 127 Å². The lowest BCUT2D eigenvalue weighted by Crippen LogP contribution is -1.98. The van der Waals surface area contributed by atoms with Crippen LogP contribution in [0.1, 0.15) is 0 Å². The summed E-state index contributed by atoms with van der Waals surface area (Å²) in [5.41, 5.74) is 11.2. The molecule has 51 heavy (non-hydrogen) atoms. The summed E-state index contributed by atoms with van der Waals surface area (Å²) in [6.07, 6.45) is 0. The summed E-state index contributed by atoms with van der Waals surface area (Å²) in [4.78, 5) is 10.2. The summed E-state index contributed by atoms with van der Waals surface area (Å²) in [6, 6.07) is 56.4. The highest BCUT2D eigenvalue weighted by molar-refractivity contribution is 6.38. The molecule has 11 aromatic rings. The van der Waals surface area contributed by atoms with Gasteiger partial charge in [-0.2, -0.15) is 0 Å². The van der Waals surface area contributed by atoms with Crippen LogP contribution in [0.15, 0.2) is 173 Å². The van der Waals surface area contributed by atoms with Crippen molar-refractivity contribution < 1.29 is 8.83 Å². The molecular weight excluding hydrogens is 627 g/mol. The van der Waals surface area contributed by atoms with E-state index in [9.17, 15) is 0 Å². The van der Waals surface area contributed by atoms with Crippen molar-refractivity contribution in [2.45, 2.75) is 0 Å². The molecule has 0 amide bonds. The minimum absolute atomic E-state index is 0.690. The van der Waals surface area contributed by atoms with E-state index in [4.69, 9.17) is 18.8 Å². The fraction of sp³-hybridized carbons (Fsp3) is 0. The van der Waals surface area contributed by atoms with Crippen molar-refractivity contribution >= 4 is 65.7 Å². The molecule has 5 heteroatoms. The molecule has 4 heterocycles. The molecule has 11 rings (SSSR count). The van der Waals surface area contributed by atoms with Gasteiger partial charge in [0.05, 0.1) is 27.8 Å².